The van der Waals surface area contributed by atoms with Crippen LogP contribution in [0, 0.1) is 12.7 Å². The largest absolute Gasteiger partial charge is 0.484 e. The number of piperidine rings is 1. The summed E-state index contributed by atoms with van der Waals surface area (Å²) in [4.78, 5) is 15.9. The number of carbonyl (C=O) groups excluding carboxylic acids is 1. The summed E-state index contributed by atoms with van der Waals surface area (Å²) >= 11 is 1.36. The highest BCUT2D eigenvalue weighted by Gasteiger charge is 2.30. The predicted molar refractivity (Wildman–Crippen MR) is 132 cm³/mol. The van der Waals surface area contributed by atoms with Gasteiger partial charge in [-0.15, -0.1) is 9.93 Å². The van der Waals surface area contributed by atoms with E-state index in [1.54, 1.807) is 18.6 Å². The lowest BCUT2D eigenvalue weighted by atomic mass is 9.88. The minimum atomic E-state index is -2.32. The van der Waals surface area contributed by atoms with Crippen LogP contribution in [-0.2, 0) is 22.2 Å². The molecule has 0 radical (unpaired) electrons. The van der Waals surface area contributed by atoms with Crippen molar-refractivity contribution in [1.29, 1.82) is 0 Å². The lowest BCUT2D eigenvalue weighted by Crippen LogP contribution is -2.38. The van der Waals surface area contributed by atoms with Gasteiger partial charge in [-0.3, -0.25) is 9.00 Å². The molecule has 1 fully saturated rings. The van der Waals surface area contributed by atoms with E-state index in [4.69, 9.17) is 10.5 Å². The molecular formula is C24H35FN2O3S2. The van der Waals surface area contributed by atoms with Crippen molar-refractivity contribution in [2.75, 3.05) is 32.2 Å². The first kappa shape index (κ1) is 24.9. The van der Waals surface area contributed by atoms with Crippen molar-refractivity contribution in [3.05, 3.63) is 51.1 Å². The van der Waals surface area contributed by atoms with E-state index >= 15 is 0 Å². The number of nitrogens with zero attached hydrogens (tertiary/aromatic N) is 1. The molecule has 3 rings (SSSR count). The number of likely N-dealkylation sites (tertiary alicyclic amines) is 1. The Hall–Kier alpha value is -1.77. The van der Waals surface area contributed by atoms with Crippen molar-refractivity contribution >= 4 is 27.2 Å². The van der Waals surface area contributed by atoms with Crippen molar-refractivity contribution < 1.29 is 18.1 Å². The predicted octanol–water partition coefficient (Wildman–Crippen LogP) is 4.24. The zero-order chi connectivity index (χ0) is 23.5. The maximum atomic E-state index is 14.4. The summed E-state index contributed by atoms with van der Waals surface area (Å²) in [6, 6.07) is 5.07. The van der Waals surface area contributed by atoms with Gasteiger partial charge in [-0.05, 0) is 67.4 Å². The topological polar surface area (TPSA) is 72.6 Å². The molecule has 1 aromatic carbocycles. The molecular weight excluding hydrogens is 447 g/mol. The number of thiophene rings is 1. The normalized spacial score (nSPS) is 15.8. The zero-order valence-electron chi connectivity index (χ0n) is 19.4. The highest BCUT2D eigenvalue weighted by molar-refractivity contribution is 8.01. The Morgan fingerprint density at radius 3 is 2.59 bits per heavy atom. The smallest absolute Gasteiger partial charge is 0.264 e. The van der Waals surface area contributed by atoms with Crippen LogP contribution in [0.1, 0.15) is 64.0 Å². The highest BCUT2D eigenvalue weighted by atomic mass is 32.2. The van der Waals surface area contributed by atoms with Crippen LogP contribution in [0.5, 0.6) is 5.06 Å². The van der Waals surface area contributed by atoms with Gasteiger partial charge in [0.25, 0.3) is 5.91 Å². The number of hydrogen-bond donors (Lipinski definition) is 2. The summed E-state index contributed by atoms with van der Waals surface area (Å²) in [7, 11) is -2.32. The van der Waals surface area contributed by atoms with Crippen LogP contribution in [0.3, 0.4) is 0 Å². The van der Waals surface area contributed by atoms with Crippen LogP contribution in [0.25, 0.3) is 0 Å². The van der Waals surface area contributed by atoms with Crippen LogP contribution in [0.15, 0.2) is 18.2 Å². The van der Waals surface area contributed by atoms with Crippen LogP contribution < -0.4 is 10.5 Å². The molecule has 0 unspecified atom stereocenters. The van der Waals surface area contributed by atoms with Gasteiger partial charge in [0.15, 0.2) is 5.06 Å². The van der Waals surface area contributed by atoms with E-state index in [9.17, 15) is 13.4 Å². The Morgan fingerprint density at radius 2 is 2.00 bits per heavy atom. The van der Waals surface area contributed by atoms with Crippen molar-refractivity contribution in [3.8, 4) is 5.06 Å². The Morgan fingerprint density at radius 1 is 1.31 bits per heavy atom. The van der Waals surface area contributed by atoms with Crippen molar-refractivity contribution in [1.82, 2.24) is 4.90 Å². The lowest BCUT2D eigenvalue weighted by Gasteiger charge is -2.32. The van der Waals surface area contributed by atoms with E-state index in [-0.39, 0.29) is 17.6 Å². The molecule has 32 heavy (non-hydrogen) atoms. The number of hydrogen-bond acceptors (Lipinski definition) is 5. The number of nitrogens with two attached hydrogens (primary N) is 1. The fourth-order valence-electron chi connectivity index (χ4n) is 4.17. The summed E-state index contributed by atoms with van der Waals surface area (Å²) in [5.41, 5.74) is 9.11. The first-order chi connectivity index (χ1) is 15.1. The van der Waals surface area contributed by atoms with Crippen molar-refractivity contribution in [2.24, 2.45) is 5.73 Å². The molecule has 0 aliphatic carbocycles. The van der Waals surface area contributed by atoms with Gasteiger partial charge in [-0.1, -0.05) is 30.4 Å². The third-order valence-corrected chi connectivity index (χ3v) is 8.24. The number of benzene rings is 1. The van der Waals surface area contributed by atoms with E-state index in [1.807, 2.05) is 24.8 Å². The summed E-state index contributed by atoms with van der Waals surface area (Å²) in [6.07, 6.45) is 5.82. The second-order valence-corrected chi connectivity index (χ2v) is 13.5. The van der Waals surface area contributed by atoms with Gasteiger partial charge in [-0.2, -0.15) is 0 Å². The Kier molecular flexibility index (Phi) is 8.11. The van der Waals surface area contributed by atoms with Gasteiger partial charge in [0.1, 0.15) is 5.82 Å². The number of carbonyl (C=O) groups is 1. The second kappa shape index (κ2) is 10.4. The van der Waals surface area contributed by atoms with E-state index < -0.39 is 9.93 Å². The zero-order valence-corrected chi connectivity index (χ0v) is 21.2. The van der Waals surface area contributed by atoms with E-state index in [2.05, 4.69) is 0 Å². The molecule has 2 N–H and O–H groups in total. The number of halogens is 1. The minimum absolute atomic E-state index is 0.0169. The molecule has 1 aromatic heterocycles. The average molecular weight is 483 g/mol. The molecule has 2 heterocycles. The quantitative estimate of drug-likeness (QED) is 0.552. The average Bonchev–Trinajstić information content (AvgIpc) is 3.06. The molecule has 178 valence electrons. The van der Waals surface area contributed by atoms with Gasteiger partial charge in [0, 0.05) is 31.0 Å². The van der Waals surface area contributed by atoms with Gasteiger partial charge in [0.2, 0.25) is 0 Å². The molecule has 1 aliphatic rings. The highest BCUT2D eigenvalue weighted by Crippen LogP contribution is 2.39. The lowest BCUT2D eigenvalue weighted by molar-refractivity contribution is 0.0716. The molecule has 8 heteroatoms. The van der Waals surface area contributed by atoms with Crippen LogP contribution in [-0.4, -0.2) is 47.2 Å². The van der Waals surface area contributed by atoms with Gasteiger partial charge < -0.3 is 15.4 Å². The second-order valence-electron chi connectivity index (χ2n) is 9.03. The molecule has 1 saturated heterocycles. The van der Waals surface area contributed by atoms with Crippen LogP contribution in [0.4, 0.5) is 4.39 Å². The van der Waals surface area contributed by atoms with Crippen LogP contribution >= 0.6 is 11.3 Å². The van der Waals surface area contributed by atoms with Gasteiger partial charge in [-0.25, -0.2) is 4.39 Å². The van der Waals surface area contributed by atoms with Gasteiger partial charge >= 0.3 is 0 Å². The molecule has 0 saturated carbocycles. The molecule has 1 amide bonds. The fourth-order valence-corrected chi connectivity index (χ4v) is 6.59. The molecule has 0 bridgehead atoms. The van der Waals surface area contributed by atoms with E-state index in [1.165, 1.54) is 17.4 Å². The standard InChI is InChI=1S/C24H35FN2O3S2/c1-5-12-30-24-20(15-32(3,4)29)16(2)22(31-24)23(28)27-10-8-18(9-11-27)19-13-17(14-26)6-7-21(19)25/h6-7,13,18,32H,5,8-12,14-15,26H2,1-4H3. The first-order valence-electron chi connectivity index (χ1n) is 11.2. The van der Waals surface area contributed by atoms with E-state index in [0.29, 0.717) is 60.3 Å². The molecule has 0 spiro atoms. The fraction of sp³-hybridized carbons (Fsp3) is 0.542. The SMILES string of the molecule is CCCOc1sc(C(=O)N2CCC(c3cc(CN)ccc3F)CC2)c(C)c1C[SH](C)(C)=O. The Bertz CT molecular complexity index is 1010. The molecule has 2 aromatic rings. The van der Waals surface area contributed by atoms with Crippen molar-refractivity contribution in [2.45, 2.75) is 51.3 Å². The monoisotopic (exact) mass is 482 g/mol. The number of rotatable bonds is 8. The number of ether oxygens (including phenoxy) is 1. The third kappa shape index (κ3) is 5.77. The maximum absolute atomic E-state index is 14.4. The summed E-state index contributed by atoms with van der Waals surface area (Å²) in [6.45, 7) is 6.06. The number of amides is 1. The molecule has 0 atom stereocenters. The Labute approximate surface area is 195 Å². The van der Waals surface area contributed by atoms with Gasteiger partial charge in [0.05, 0.1) is 11.5 Å². The summed E-state index contributed by atoms with van der Waals surface area (Å²) < 4.78 is 32.8. The van der Waals surface area contributed by atoms with E-state index in [0.717, 1.165) is 23.1 Å². The summed E-state index contributed by atoms with van der Waals surface area (Å²) in [5.74, 6) is 0.296. The number of thiol groups is 1. The molecule has 1 aliphatic heterocycles. The Balaban J connectivity index is 1.77. The first-order valence-corrected chi connectivity index (χ1v) is 14.8. The minimum Gasteiger partial charge on any atom is -0.484 e. The van der Waals surface area contributed by atoms with Crippen molar-refractivity contribution in [3.63, 3.8) is 0 Å². The maximum Gasteiger partial charge on any atom is 0.264 e. The third-order valence-electron chi connectivity index (χ3n) is 5.92. The molecule has 5 nitrogen and oxygen atoms in total. The van der Waals surface area contributed by atoms with Crippen LogP contribution in [0.2, 0.25) is 0 Å². The summed E-state index contributed by atoms with van der Waals surface area (Å²) in [5, 5.41) is 0.715.